The van der Waals surface area contributed by atoms with Crippen molar-refractivity contribution >= 4 is 5.97 Å². The first kappa shape index (κ1) is 20.1. The van der Waals surface area contributed by atoms with Crippen LogP contribution in [0.3, 0.4) is 0 Å². The van der Waals surface area contributed by atoms with E-state index in [1.165, 1.54) is 11.1 Å². The van der Waals surface area contributed by atoms with E-state index in [9.17, 15) is 4.79 Å². The summed E-state index contributed by atoms with van der Waals surface area (Å²) in [6.07, 6.45) is 0.0591. The number of rotatable bonds is 6. The van der Waals surface area contributed by atoms with Crippen LogP contribution in [-0.4, -0.2) is 27.8 Å². The van der Waals surface area contributed by atoms with Gasteiger partial charge < -0.3 is 14.8 Å². The summed E-state index contributed by atoms with van der Waals surface area (Å²) in [7, 11) is 0. The molecule has 6 nitrogen and oxygen atoms in total. The summed E-state index contributed by atoms with van der Waals surface area (Å²) in [6, 6.07) is 6.45. The lowest BCUT2D eigenvalue weighted by molar-refractivity contribution is -0.136. The number of nitrogens with one attached hydrogen (secondary N) is 1. The van der Waals surface area contributed by atoms with Crippen LogP contribution in [0, 0.1) is 0 Å². The zero-order valence-corrected chi connectivity index (χ0v) is 16.5. The smallest absolute Gasteiger partial charge is 0.304 e. The van der Waals surface area contributed by atoms with Crippen molar-refractivity contribution in [2.75, 3.05) is 6.54 Å². The molecule has 0 bridgehead atoms. The van der Waals surface area contributed by atoms with Gasteiger partial charge in [-0.15, -0.1) is 10.2 Å². The van der Waals surface area contributed by atoms with Crippen LogP contribution in [0.15, 0.2) is 22.6 Å². The highest BCUT2D eigenvalue weighted by molar-refractivity contribution is 5.66. The maximum absolute atomic E-state index is 10.5. The fourth-order valence-corrected chi connectivity index (χ4v) is 2.45. The number of hydrogen-bond acceptors (Lipinski definition) is 5. The van der Waals surface area contributed by atoms with Crippen LogP contribution in [0.5, 0.6) is 0 Å². The van der Waals surface area contributed by atoms with Crippen molar-refractivity contribution in [2.24, 2.45) is 0 Å². The first-order valence-corrected chi connectivity index (χ1v) is 8.88. The number of nitrogens with zero attached hydrogens (tertiary/aromatic N) is 2. The average Bonchev–Trinajstić information content (AvgIpc) is 2.98. The SMILES string of the molecule is CC(C)(C)c1cc(-c2nnc(CNCCC(=O)O)o2)cc(C(C)(C)C)c1. The van der Waals surface area contributed by atoms with E-state index >= 15 is 0 Å². The third-order valence-electron chi connectivity index (χ3n) is 4.17. The third-order valence-corrected chi connectivity index (χ3v) is 4.17. The molecule has 0 atom stereocenters. The first-order chi connectivity index (χ1) is 12.0. The zero-order chi connectivity index (χ0) is 19.5. The van der Waals surface area contributed by atoms with Crippen LogP contribution in [0.4, 0.5) is 0 Å². The van der Waals surface area contributed by atoms with Crippen molar-refractivity contribution in [1.82, 2.24) is 15.5 Å². The summed E-state index contributed by atoms with van der Waals surface area (Å²) in [5.41, 5.74) is 3.37. The van der Waals surface area contributed by atoms with E-state index in [0.717, 1.165) is 5.56 Å². The molecule has 6 heteroatoms. The summed E-state index contributed by atoms with van der Waals surface area (Å²) >= 11 is 0. The predicted octanol–water partition coefficient (Wildman–Crippen LogP) is 3.90. The number of carbonyl (C=O) groups is 1. The van der Waals surface area contributed by atoms with Gasteiger partial charge in [-0.3, -0.25) is 4.79 Å². The molecule has 1 aromatic heterocycles. The summed E-state index contributed by atoms with van der Waals surface area (Å²) in [4.78, 5) is 10.5. The summed E-state index contributed by atoms with van der Waals surface area (Å²) in [5, 5.41) is 19.9. The van der Waals surface area contributed by atoms with Crippen LogP contribution in [0.25, 0.3) is 11.5 Å². The molecule has 1 aromatic carbocycles. The van der Waals surface area contributed by atoms with Crippen molar-refractivity contribution in [3.63, 3.8) is 0 Å². The Morgan fingerprint density at radius 3 is 2.12 bits per heavy atom. The second kappa shape index (κ2) is 7.58. The molecule has 0 saturated heterocycles. The molecule has 2 rings (SSSR count). The number of carboxylic acids is 1. The molecule has 0 spiro atoms. The van der Waals surface area contributed by atoms with E-state index in [4.69, 9.17) is 9.52 Å². The van der Waals surface area contributed by atoms with E-state index in [1.807, 2.05) is 0 Å². The number of aliphatic carboxylic acids is 1. The van der Waals surface area contributed by atoms with E-state index in [-0.39, 0.29) is 17.3 Å². The quantitative estimate of drug-likeness (QED) is 0.761. The summed E-state index contributed by atoms with van der Waals surface area (Å²) in [5.74, 6) is 0.0953. The van der Waals surface area contributed by atoms with Crippen LogP contribution >= 0.6 is 0 Å². The van der Waals surface area contributed by atoms with E-state index in [2.05, 4.69) is 75.3 Å². The van der Waals surface area contributed by atoms with Gasteiger partial charge in [-0.25, -0.2) is 0 Å². The molecule has 0 saturated carbocycles. The van der Waals surface area contributed by atoms with Gasteiger partial charge in [0.15, 0.2) is 0 Å². The van der Waals surface area contributed by atoms with Crippen molar-refractivity contribution in [2.45, 2.75) is 65.3 Å². The highest BCUT2D eigenvalue weighted by Crippen LogP contribution is 2.33. The Morgan fingerprint density at radius 1 is 1.04 bits per heavy atom. The van der Waals surface area contributed by atoms with Crippen molar-refractivity contribution in [3.05, 3.63) is 35.2 Å². The summed E-state index contributed by atoms with van der Waals surface area (Å²) in [6.45, 7) is 13.8. The van der Waals surface area contributed by atoms with Gasteiger partial charge in [-0.05, 0) is 34.1 Å². The number of carboxylic acid groups (broad SMARTS) is 1. The standard InChI is InChI=1S/C20H29N3O3/c1-19(2,3)14-9-13(10-15(11-14)20(4,5)6)18-23-22-16(26-18)12-21-8-7-17(24)25/h9-11,21H,7-8,12H2,1-6H3,(H,24,25). The Morgan fingerprint density at radius 2 is 1.62 bits per heavy atom. The molecule has 1 heterocycles. The van der Waals surface area contributed by atoms with Crippen molar-refractivity contribution in [1.29, 1.82) is 0 Å². The Kier molecular flexibility index (Phi) is 5.86. The Bertz CT molecular complexity index is 735. The summed E-state index contributed by atoms with van der Waals surface area (Å²) < 4.78 is 5.78. The van der Waals surface area contributed by atoms with Crippen LogP contribution in [0.2, 0.25) is 0 Å². The zero-order valence-electron chi connectivity index (χ0n) is 16.5. The number of hydrogen-bond donors (Lipinski definition) is 2. The highest BCUT2D eigenvalue weighted by atomic mass is 16.4. The van der Waals surface area contributed by atoms with Gasteiger partial charge in [-0.1, -0.05) is 47.6 Å². The molecule has 142 valence electrons. The van der Waals surface area contributed by atoms with Crippen molar-refractivity contribution in [3.8, 4) is 11.5 Å². The number of benzene rings is 1. The van der Waals surface area contributed by atoms with E-state index in [1.54, 1.807) is 0 Å². The lowest BCUT2D eigenvalue weighted by Gasteiger charge is -2.25. The molecule has 0 radical (unpaired) electrons. The second-order valence-electron chi connectivity index (χ2n) is 8.62. The van der Waals surface area contributed by atoms with E-state index < -0.39 is 5.97 Å². The van der Waals surface area contributed by atoms with Gasteiger partial charge in [0.25, 0.3) is 0 Å². The minimum Gasteiger partial charge on any atom is -0.481 e. The van der Waals surface area contributed by atoms with Gasteiger partial charge in [0.1, 0.15) is 0 Å². The van der Waals surface area contributed by atoms with Gasteiger partial charge in [0.2, 0.25) is 11.8 Å². The van der Waals surface area contributed by atoms with E-state index in [0.29, 0.717) is 24.9 Å². The van der Waals surface area contributed by atoms with Crippen LogP contribution < -0.4 is 5.32 Å². The topological polar surface area (TPSA) is 88.2 Å². The molecular weight excluding hydrogens is 330 g/mol. The molecule has 0 aliphatic carbocycles. The monoisotopic (exact) mass is 359 g/mol. The average molecular weight is 359 g/mol. The molecule has 0 amide bonds. The Hall–Kier alpha value is -2.21. The molecule has 0 fully saturated rings. The number of aromatic nitrogens is 2. The van der Waals surface area contributed by atoms with Gasteiger partial charge in [0.05, 0.1) is 13.0 Å². The highest BCUT2D eigenvalue weighted by Gasteiger charge is 2.22. The Labute approximate surface area is 155 Å². The van der Waals surface area contributed by atoms with Crippen LogP contribution in [0.1, 0.15) is 65.0 Å². The minimum atomic E-state index is -0.836. The van der Waals surface area contributed by atoms with Crippen LogP contribution in [-0.2, 0) is 22.2 Å². The minimum absolute atomic E-state index is 0.0112. The predicted molar refractivity (Wildman–Crippen MR) is 101 cm³/mol. The first-order valence-electron chi connectivity index (χ1n) is 8.88. The second-order valence-corrected chi connectivity index (χ2v) is 8.62. The molecule has 2 N–H and O–H groups in total. The van der Waals surface area contributed by atoms with Crippen molar-refractivity contribution < 1.29 is 14.3 Å². The largest absolute Gasteiger partial charge is 0.481 e. The molecule has 2 aromatic rings. The molecular formula is C20H29N3O3. The van der Waals surface area contributed by atoms with Gasteiger partial charge in [-0.2, -0.15) is 0 Å². The fourth-order valence-electron chi connectivity index (χ4n) is 2.45. The van der Waals surface area contributed by atoms with Gasteiger partial charge >= 0.3 is 5.97 Å². The normalized spacial score (nSPS) is 12.4. The molecule has 0 aliphatic rings. The fraction of sp³-hybridized carbons (Fsp3) is 0.550. The van der Waals surface area contributed by atoms with Gasteiger partial charge in [0, 0.05) is 12.1 Å². The maximum Gasteiger partial charge on any atom is 0.304 e. The molecule has 0 aliphatic heterocycles. The maximum atomic E-state index is 10.5. The Balaban J connectivity index is 2.26. The molecule has 0 unspecified atom stereocenters. The molecule has 26 heavy (non-hydrogen) atoms. The lowest BCUT2D eigenvalue weighted by atomic mass is 9.79. The lowest BCUT2D eigenvalue weighted by Crippen LogP contribution is -2.17. The third kappa shape index (κ3) is 5.39.